The van der Waals surface area contributed by atoms with E-state index < -0.39 is 91.3 Å². The molecule has 4 heterocycles. The van der Waals surface area contributed by atoms with Crippen molar-refractivity contribution in [2.24, 2.45) is 5.73 Å². The number of aromatic nitrogens is 4. The van der Waals surface area contributed by atoms with E-state index in [0.717, 1.165) is 46.5 Å². The maximum absolute atomic E-state index is 14.3. The molecule has 4 aromatic rings. The van der Waals surface area contributed by atoms with Crippen molar-refractivity contribution in [2.45, 2.75) is 81.6 Å². The second-order valence-corrected chi connectivity index (χ2v) is 17.9. The number of anilines is 2. The Bertz CT molecular complexity index is 2430. The number of nitrogens with zero attached hydrogens (tertiary/aromatic N) is 6. The first kappa shape index (κ1) is 56.3. The molecule has 67 heavy (non-hydrogen) atoms. The van der Waals surface area contributed by atoms with Gasteiger partial charge in [0.25, 0.3) is 0 Å². The second kappa shape index (κ2) is 21.4. The average molecular weight is 1110 g/mol. The molecule has 2 aromatic carbocycles. The van der Waals surface area contributed by atoms with Crippen molar-refractivity contribution in [3.63, 3.8) is 0 Å². The Morgan fingerprint density at radius 3 is 1.25 bits per heavy atom. The molecule has 0 bridgehead atoms. The van der Waals surface area contributed by atoms with Crippen molar-refractivity contribution in [2.75, 3.05) is 36.0 Å². The first-order valence-electron chi connectivity index (χ1n) is 18.8. The molecular weight excluding hydrogens is 1070 g/mol. The number of nitrogens with two attached hydrogens (primary N) is 1. The lowest BCUT2D eigenvalue weighted by Gasteiger charge is -2.32. The molecule has 0 amide bonds. The van der Waals surface area contributed by atoms with Crippen LogP contribution in [0.2, 0.25) is 30.1 Å². The first-order chi connectivity index (χ1) is 30.7. The van der Waals surface area contributed by atoms with E-state index in [1.54, 1.807) is 0 Å². The van der Waals surface area contributed by atoms with E-state index in [1.807, 2.05) is 0 Å². The van der Waals surface area contributed by atoms with Crippen LogP contribution in [-0.4, -0.2) is 69.5 Å². The van der Waals surface area contributed by atoms with Crippen molar-refractivity contribution >= 4 is 104 Å². The fourth-order valence-electron chi connectivity index (χ4n) is 7.12. The van der Waals surface area contributed by atoms with Crippen molar-refractivity contribution in [1.82, 2.24) is 19.9 Å². The van der Waals surface area contributed by atoms with Crippen LogP contribution >= 0.6 is 81.2 Å². The minimum Gasteiger partial charge on any atom is -0.340 e. The minimum absolute atomic E-state index is 0.0928. The average Bonchev–Trinajstić information content (AvgIpc) is 3.88. The number of rotatable bonds is 8. The molecule has 2 unspecified atom stereocenters. The van der Waals surface area contributed by atoms with Crippen LogP contribution in [0.5, 0.6) is 0 Å². The molecule has 6 rings (SSSR count). The predicted octanol–water partition coefficient (Wildman–Crippen LogP) is 13.1. The molecular formula is C39H32Cl7F12N7O2. The van der Waals surface area contributed by atoms with Crippen LogP contribution in [0, 0.1) is 0 Å². The van der Waals surface area contributed by atoms with Gasteiger partial charge in [-0.25, -0.2) is 19.9 Å². The van der Waals surface area contributed by atoms with Gasteiger partial charge in [-0.2, -0.15) is 52.7 Å². The Morgan fingerprint density at radius 2 is 0.955 bits per heavy atom. The number of Topliss-reactive ketones (excluding diaryl/α,β-unsaturated/α-hetero) is 1. The Morgan fingerprint density at radius 1 is 0.627 bits per heavy atom. The van der Waals surface area contributed by atoms with Gasteiger partial charge in [0.2, 0.25) is 17.1 Å². The van der Waals surface area contributed by atoms with Gasteiger partial charge in [-0.1, -0.05) is 69.6 Å². The molecule has 0 radical (unpaired) electrons. The molecule has 9 nitrogen and oxygen atoms in total. The van der Waals surface area contributed by atoms with Crippen LogP contribution in [0.3, 0.4) is 0 Å². The Hall–Kier alpha value is -3.31. The van der Waals surface area contributed by atoms with Crippen molar-refractivity contribution in [3.05, 3.63) is 100 Å². The molecule has 2 aromatic heterocycles. The summed E-state index contributed by atoms with van der Waals surface area (Å²) in [5.41, 5.74) is -3.36. The zero-order chi connectivity index (χ0) is 50.8. The highest BCUT2D eigenvalue weighted by molar-refractivity contribution is 6.62. The largest absolute Gasteiger partial charge is 0.433 e. The van der Waals surface area contributed by atoms with Gasteiger partial charge in [-0.15, -0.1) is 0 Å². The molecule has 2 fully saturated rings. The van der Waals surface area contributed by atoms with Gasteiger partial charge in [0.15, 0.2) is 11.4 Å². The third-order valence-corrected chi connectivity index (χ3v) is 12.9. The molecule has 28 heteroatoms. The van der Waals surface area contributed by atoms with E-state index in [0.29, 0.717) is 0 Å². The van der Waals surface area contributed by atoms with E-state index in [9.17, 15) is 62.3 Å². The summed E-state index contributed by atoms with van der Waals surface area (Å²) in [7, 11) is 0. The Balaban J connectivity index is 0.000000272. The fourth-order valence-corrected chi connectivity index (χ4v) is 8.31. The lowest BCUT2D eigenvalue weighted by Crippen LogP contribution is -2.45. The highest BCUT2D eigenvalue weighted by Crippen LogP contribution is 2.52. The van der Waals surface area contributed by atoms with Gasteiger partial charge in [-0.05, 0) is 73.2 Å². The summed E-state index contributed by atoms with van der Waals surface area (Å²) in [6, 6.07) is 4.23. The molecule has 2 aliphatic rings. The van der Waals surface area contributed by atoms with Gasteiger partial charge in [-0.3, -0.25) is 4.79 Å². The fraction of sp³-hybridized carbons (Fsp3) is 0.436. The third-order valence-electron chi connectivity index (χ3n) is 10.5. The van der Waals surface area contributed by atoms with Crippen LogP contribution in [0.4, 0.5) is 64.6 Å². The van der Waals surface area contributed by atoms with E-state index in [4.69, 9.17) is 75.3 Å². The van der Waals surface area contributed by atoms with Crippen LogP contribution in [0.15, 0.2) is 36.7 Å². The quantitative estimate of drug-likeness (QED) is 0.105. The standard InChI is InChI=1S/C20H16Cl3F6N3O.C17H13Cl3F6N4.C2H3ClO/c1-10(33)2-3-11-8-30-17(31-16(11)19(24,25)26)32-5-4-18(9-32,20(27,28)29)12-6-13(21)15(23)14(22)7-12;18-10-3-9(4-11(19)12(10)20)15(17(24,25)26)1-2-30(7-15)14-28-6-8(5-27)13(29-14)16(21,22)23;1-2(3)4/h6-8H,2-5,9H2,1H3;3-4,6H,1-2,5,7,27H2;1H3. The summed E-state index contributed by atoms with van der Waals surface area (Å²) < 4.78 is 166. The zero-order valence-corrected chi connectivity index (χ0v) is 39.4. The molecule has 2 saturated heterocycles. The number of benzene rings is 2. The first-order valence-corrected chi connectivity index (χ1v) is 21.5. The molecule has 368 valence electrons. The Kier molecular flexibility index (Phi) is 17.9. The highest BCUT2D eigenvalue weighted by atomic mass is 35.5. The second-order valence-electron chi connectivity index (χ2n) is 15.0. The van der Waals surface area contributed by atoms with Crippen LogP contribution < -0.4 is 15.5 Å². The summed E-state index contributed by atoms with van der Waals surface area (Å²) >= 11 is 40.0. The van der Waals surface area contributed by atoms with Crippen molar-refractivity contribution in [1.29, 1.82) is 0 Å². The summed E-state index contributed by atoms with van der Waals surface area (Å²) in [6.45, 7) is 0.0979. The highest BCUT2D eigenvalue weighted by Gasteiger charge is 2.61. The molecule has 2 N–H and O–H groups in total. The van der Waals surface area contributed by atoms with E-state index in [2.05, 4.69) is 31.5 Å². The molecule has 0 spiro atoms. The number of aryl methyl sites for hydroxylation is 1. The molecule has 0 saturated carbocycles. The maximum atomic E-state index is 14.3. The number of hydrogen-bond acceptors (Lipinski definition) is 9. The summed E-state index contributed by atoms with van der Waals surface area (Å²) in [4.78, 5) is 37.1. The number of halogens is 19. The summed E-state index contributed by atoms with van der Waals surface area (Å²) in [5.74, 6) is -1.29. The summed E-state index contributed by atoms with van der Waals surface area (Å²) in [6.07, 6.45) is -18.8. The third kappa shape index (κ3) is 12.9. The monoisotopic (exact) mass is 1100 g/mol. The van der Waals surface area contributed by atoms with Crippen LogP contribution in [0.25, 0.3) is 0 Å². The summed E-state index contributed by atoms with van der Waals surface area (Å²) in [5, 5.41) is -1.23. The van der Waals surface area contributed by atoms with E-state index >= 15 is 0 Å². The number of alkyl halides is 12. The van der Waals surface area contributed by atoms with E-state index in [1.165, 1.54) is 13.8 Å². The van der Waals surface area contributed by atoms with Crippen LogP contribution in [-0.2, 0) is 45.7 Å². The smallest absolute Gasteiger partial charge is 0.340 e. The predicted molar refractivity (Wildman–Crippen MR) is 230 cm³/mol. The molecule has 2 aliphatic heterocycles. The molecule has 0 aliphatic carbocycles. The lowest BCUT2D eigenvalue weighted by atomic mass is 9.79. The number of carbonyl (C=O) groups is 2. The number of ketones is 1. The van der Waals surface area contributed by atoms with Crippen molar-refractivity contribution < 1.29 is 62.3 Å². The van der Waals surface area contributed by atoms with Gasteiger partial charge < -0.3 is 20.3 Å². The number of carbonyl (C=O) groups excluding carboxylic acids is 2. The van der Waals surface area contributed by atoms with Gasteiger partial charge in [0, 0.05) is 69.6 Å². The minimum atomic E-state index is -4.87. The van der Waals surface area contributed by atoms with Crippen LogP contribution in [0.1, 0.15) is 66.8 Å². The SMILES string of the molecule is CC(=O)CCc1cnc(N2CCC(c3cc(Cl)c(Cl)c(Cl)c3)(C(F)(F)F)C2)nc1C(F)(F)F.CC(=O)Cl.NCc1cnc(N2CCC(c3cc(Cl)c(Cl)c(Cl)c3)(C(F)(F)F)C2)nc1C(F)(F)F. The van der Waals surface area contributed by atoms with Crippen molar-refractivity contribution in [3.8, 4) is 0 Å². The Labute approximate surface area is 408 Å². The van der Waals surface area contributed by atoms with Gasteiger partial charge in [0.05, 0.1) is 30.1 Å². The van der Waals surface area contributed by atoms with E-state index in [-0.39, 0.29) is 89.3 Å². The molecule has 2 atom stereocenters. The topological polar surface area (TPSA) is 118 Å². The maximum Gasteiger partial charge on any atom is 0.433 e. The number of hydrogen-bond donors (Lipinski definition) is 1. The zero-order valence-electron chi connectivity index (χ0n) is 34.1. The normalized spacial score (nSPS) is 18.9. The lowest BCUT2D eigenvalue weighted by molar-refractivity contribution is -0.185. The van der Waals surface area contributed by atoms with Gasteiger partial charge in [0.1, 0.15) is 16.6 Å². The van der Waals surface area contributed by atoms with Gasteiger partial charge >= 0.3 is 24.7 Å².